The molecule has 1 atom stereocenters. The van der Waals surface area contributed by atoms with Gasteiger partial charge in [-0.05, 0) is 42.3 Å². The number of nitrogens with zero attached hydrogens (tertiary/aromatic N) is 1. The van der Waals surface area contributed by atoms with E-state index in [4.69, 9.17) is 14.2 Å². The summed E-state index contributed by atoms with van der Waals surface area (Å²) in [5.74, 6) is -0.291. The Morgan fingerprint density at radius 2 is 2.00 bits per heavy atom. The van der Waals surface area contributed by atoms with Crippen molar-refractivity contribution in [2.24, 2.45) is 0 Å². The Balaban J connectivity index is 1.52. The molecule has 156 valence electrons. The largest absolute Gasteiger partial charge is 0.379 e. The van der Waals surface area contributed by atoms with E-state index in [1.807, 2.05) is 31.2 Å². The molecule has 1 N–H and O–H groups in total. The van der Waals surface area contributed by atoms with Crippen LogP contribution < -0.4 is 5.32 Å². The molecular weight excluding hydrogens is 375 g/mol. The van der Waals surface area contributed by atoms with E-state index >= 15 is 0 Å². The van der Waals surface area contributed by atoms with Gasteiger partial charge in [0.25, 0.3) is 0 Å². The molecule has 6 nitrogen and oxygen atoms in total. The Morgan fingerprint density at radius 3 is 2.79 bits per heavy atom. The lowest BCUT2D eigenvalue weighted by atomic mass is 10.1. The minimum Gasteiger partial charge on any atom is -0.379 e. The molecule has 2 aromatic rings. The topological polar surface area (TPSA) is 60.0 Å². The van der Waals surface area contributed by atoms with E-state index in [1.54, 1.807) is 17.0 Å². The summed E-state index contributed by atoms with van der Waals surface area (Å²) in [6.07, 6.45) is -0.264. The predicted octanol–water partition coefficient (Wildman–Crippen LogP) is 3.98. The van der Waals surface area contributed by atoms with Crippen LogP contribution in [0.15, 0.2) is 48.5 Å². The molecule has 1 aliphatic heterocycles. The van der Waals surface area contributed by atoms with Gasteiger partial charge in [-0.3, -0.25) is 0 Å². The molecular formula is C22H27FN2O4. The molecule has 0 saturated carbocycles. The van der Waals surface area contributed by atoms with Gasteiger partial charge in [0.05, 0.1) is 33.0 Å². The zero-order valence-electron chi connectivity index (χ0n) is 16.6. The number of hydrogen-bond donors (Lipinski definition) is 1. The highest BCUT2D eigenvalue weighted by Gasteiger charge is 2.25. The van der Waals surface area contributed by atoms with E-state index in [0.717, 1.165) is 11.1 Å². The Kier molecular flexibility index (Phi) is 7.98. The molecule has 2 aromatic carbocycles. The number of hydrogen-bond acceptors (Lipinski definition) is 4. The van der Waals surface area contributed by atoms with Crippen LogP contribution in [0, 0.1) is 5.82 Å². The molecule has 0 bridgehead atoms. The second-order valence-corrected chi connectivity index (χ2v) is 6.74. The fourth-order valence-electron chi connectivity index (χ4n) is 3.11. The Bertz CT molecular complexity index is 785. The van der Waals surface area contributed by atoms with E-state index in [9.17, 15) is 9.18 Å². The fourth-order valence-corrected chi connectivity index (χ4v) is 3.11. The highest BCUT2D eigenvalue weighted by molar-refractivity contribution is 5.89. The molecule has 1 aliphatic rings. The fraction of sp³-hybridized carbons (Fsp3) is 0.409. The van der Waals surface area contributed by atoms with Gasteiger partial charge in [-0.25, -0.2) is 9.18 Å². The molecule has 0 spiro atoms. The maximum absolute atomic E-state index is 13.1. The van der Waals surface area contributed by atoms with Crippen LogP contribution in [0.25, 0.3) is 0 Å². The second-order valence-electron chi connectivity index (χ2n) is 6.74. The van der Waals surface area contributed by atoms with E-state index in [-0.39, 0.29) is 18.0 Å². The quantitative estimate of drug-likeness (QED) is 0.679. The third kappa shape index (κ3) is 6.52. The Morgan fingerprint density at radius 1 is 1.21 bits per heavy atom. The van der Waals surface area contributed by atoms with Crippen molar-refractivity contribution in [3.05, 3.63) is 65.5 Å². The van der Waals surface area contributed by atoms with Crippen molar-refractivity contribution >= 4 is 11.7 Å². The average molecular weight is 402 g/mol. The van der Waals surface area contributed by atoms with E-state index in [2.05, 4.69) is 5.32 Å². The summed E-state index contributed by atoms with van der Waals surface area (Å²) in [6.45, 7) is 5.53. The van der Waals surface area contributed by atoms with Gasteiger partial charge in [0, 0.05) is 18.8 Å². The number of amides is 2. The van der Waals surface area contributed by atoms with Gasteiger partial charge in [-0.2, -0.15) is 0 Å². The zero-order chi connectivity index (χ0) is 20.5. The summed E-state index contributed by atoms with van der Waals surface area (Å²) in [6, 6.07) is 13.6. The number of carbonyl (C=O) groups excluding carboxylic acids is 1. The van der Waals surface area contributed by atoms with Crippen LogP contribution in [-0.2, 0) is 20.8 Å². The van der Waals surface area contributed by atoms with Crippen LogP contribution in [0.5, 0.6) is 0 Å². The SMILES string of the molecule is CCOCCOCc1cccc(NC(=O)N2CCOC(c3ccc(F)cc3)C2)c1. The van der Waals surface area contributed by atoms with Crippen LogP contribution in [0.4, 0.5) is 14.9 Å². The number of nitrogens with one attached hydrogen (secondary N) is 1. The molecule has 7 heteroatoms. The lowest BCUT2D eigenvalue weighted by Gasteiger charge is -2.33. The first kappa shape index (κ1) is 21.2. The third-order valence-corrected chi connectivity index (χ3v) is 4.62. The zero-order valence-corrected chi connectivity index (χ0v) is 16.6. The van der Waals surface area contributed by atoms with Crippen LogP contribution in [0.3, 0.4) is 0 Å². The van der Waals surface area contributed by atoms with Crippen molar-refractivity contribution in [3.63, 3.8) is 0 Å². The standard InChI is InChI=1S/C22H27FN2O4/c1-2-27-12-13-28-16-17-4-3-5-20(14-17)24-22(26)25-10-11-29-21(15-25)18-6-8-19(23)9-7-18/h3-9,14,21H,2,10-13,15-16H2,1H3,(H,24,26). The summed E-state index contributed by atoms with van der Waals surface area (Å²) in [4.78, 5) is 14.4. The molecule has 0 radical (unpaired) electrons. The molecule has 1 unspecified atom stereocenters. The van der Waals surface area contributed by atoms with Gasteiger partial charge in [-0.15, -0.1) is 0 Å². The molecule has 0 aliphatic carbocycles. The first-order valence-corrected chi connectivity index (χ1v) is 9.83. The van der Waals surface area contributed by atoms with Crippen molar-refractivity contribution in [1.82, 2.24) is 4.90 Å². The van der Waals surface area contributed by atoms with Gasteiger partial charge in [0.2, 0.25) is 0 Å². The molecule has 1 heterocycles. The molecule has 2 amide bonds. The lowest BCUT2D eigenvalue weighted by Crippen LogP contribution is -2.44. The normalized spacial score (nSPS) is 16.6. The summed E-state index contributed by atoms with van der Waals surface area (Å²) in [5, 5.41) is 2.94. The van der Waals surface area contributed by atoms with Crippen molar-refractivity contribution < 1.29 is 23.4 Å². The number of urea groups is 1. The van der Waals surface area contributed by atoms with Crippen LogP contribution >= 0.6 is 0 Å². The summed E-state index contributed by atoms with van der Waals surface area (Å²) < 4.78 is 29.7. The number of ether oxygens (including phenoxy) is 3. The smallest absolute Gasteiger partial charge is 0.322 e. The first-order valence-electron chi connectivity index (χ1n) is 9.83. The average Bonchev–Trinajstić information content (AvgIpc) is 2.74. The van der Waals surface area contributed by atoms with Crippen molar-refractivity contribution in [2.45, 2.75) is 19.6 Å². The number of halogens is 1. The minimum absolute atomic E-state index is 0.185. The number of anilines is 1. The van der Waals surface area contributed by atoms with Crippen molar-refractivity contribution in [2.75, 3.05) is 44.8 Å². The maximum atomic E-state index is 13.1. The van der Waals surface area contributed by atoms with E-state index < -0.39 is 0 Å². The number of benzene rings is 2. The second kappa shape index (κ2) is 10.9. The monoisotopic (exact) mass is 402 g/mol. The van der Waals surface area contributed by atoms with Crippen molar-refractivity contribution in [1.29, 1.82) is 0 Å². The predicted molar refractivity (Wildman–Crippen MR) is 108 cm³/mol. The van der Waals surface area contributed by atoms with Crippen LogP contribution in [0.2, 0.25) is 0 Å². The maximum Gasteiger partial charge on any atom is 0.322 e. The van der Waals surface area contributed by atoms with E-state index in [1.165, 1.54) is 12.1 Å². The molecule has 29 heavy (non-hydrogen) atoms. The van der Waals surface area contributed by atoms with Crippen LogP contribution in [-0.4, -0.2) is 50.4 Å². The highest BCUT2D eigenvalue weighted by atomic mass is 19.1. The molecule has 3 rings (SSSR count). The van der Waals surface area contributed by atoms with Gasteiger partial charge in [0.1, 0.15) is 11.9 Å². The van der Waals surface area contributed by atoms with E-state index in [0.29, 0.717) is 51.8 Å². The Labute approximate surface area is 170 Å². The van der Waals surface area contributed by atoms with Gasteiger partial charge in [-0.1, -0.05) is 24.3 Å². The number of rotatable bonds is 8. The number of morpholine rings is 1. The third-order valence-electron chi connectivity index (χ3n) is 4.62. The lowest BCUT2D eigenvalue weighted by molar-refractivity contribution is -0.0135. The Hall–Kier alpha value is -2.48. The first-order chi connectivity index (χ1) is 14.2. The molecule has 0 aromatic heterocycles. The van der Waals surface area contributed by atoms with Gasteiger partial charge < -0.3 is 24.4 Å². The summed E-state index contributed by atoms with van der Waals surface area (Å²) in [7, 11) is 0. The minimum atomic E-state index is -0.291. The van der Waals surface area contributed by atoms with Gasteiger partial charge >= 0.3 is 6.03 Å². The summed E-state index contributed by atoms with van der Waals surface area (Å²) >= 11 is 0. The van der Waals surface area contributed by atoms with Crippen LogP contribution in [0.1, 0.15) is 24.2 Å². The summed E-state index contributed by atoms with van der Waals surface area (Å²) in [5.41, 5.74) is 2.55. The van der Waals surface area contributed by atoms with Gasteiger partial charge in [0.15, 0.2) is 0 Å². The van der Waals surface area contributed by atoms with Crippen molar-refractivity contribution in [3.8, 4) is 0 Å². The molecule has 1 fully saturated rings. The molecule has 1 saturated heterocycles. The number of carbonyl (C=O) groups is 1. The highest BCUT2D eigenvalue weighted by Crippen LogP contribution is 2.23.